The summed E-state index contributed by atoms with van der Waals surface area (Å²) in [5, 5.41) is 6.42. The maximum atomic E-state index is 14.1. The lowest BCUT2D eigenvalue weighted by Crippen LogP contribution is -2.53. The maximum Gasteiger partial charge on any atom is 0.246 e. The molecule has 14 heteroatoms. The molecule has 0 radical (unpaired) electrons. The summed E-state index contributed by atoms with van der Waals surface area (Å²) < 4.78 is 44.8. The zero-order valence-corrected chi connectivity index (χ0v) is 34.0. The average Bonchev–Trinajstić information content (AvgIpc) is 3.18. The molecule has 0 saturated carbocycles. The Hall–Kier alpha value is -3.18. The van der Waals surface area contributed by atoms with E-state index in [0.717, 1.165) is 36.1 Å². The molecular formula is C42H66N4O10. The van der Waals surface area contributed by atoms with Crippen LogP contribution >= 0.6 is 0 Å². The summed E-state index contributed by atoms with van der Waals surface area (Å²) in [6.07, 6.45) is 3.52. The number of rotatable bonds is 27. The molecule has 0 fully saturated rings. The molecule has 14 nitrogen and oxygen atoms in total. The zero-order valence-electron chi connectivity index (χ0n) is 34.0. The number of ether oxygens (including phenoxy) is 8. The minimum Gasteiger partial charge on any atom is -0.491 e. The Morgan fingerprint density at radius 1 is 0.821 bits per heavy atom. The van der Waals surface area contributed by atoms with Crippen molar-refractivity contribution in [1.82, 2.24) is 15.5 Å². The molecule has 314 valence electrons. The molecule has 2 aliphatic rings. The van der Waals surface area contributed by atoms with Gasteiger partial charge in [0.1, 0.15) is 25.7 Å². The number of hydrogen-bond acceptors (Lipinski definition) is 12. The summed E-state index contributed by atoms with van der Waals surface area (Å²) in [6.45, 7) is 13.0. The van der Waals surface area contributed by atoms with Gasteiger partial charge in [-0.05, 0) is 65.5 Å². The van der Waals surface area contributed by atoms with E-state index in [1.165, 1.54) is 18.2 Å². The lowest BCUT2D eigenvalue weighted by Gasteiger charge is -2.38. The molecule has 2 aromatic rings. The second-order valence-corrected chi connectivity index (χ2v) is 15.2. The lowest BCUT2D eigenvalue weighted by atomic mass is 9.87. The highest BCUT2D eigenvalue weighted by atomic mass is 16.6. The van der Waals surface area contributed by atoms with Gasteiger partial charge in [0, 0.05) is 20.2 Å². The fourth-order valence-corrected chi connectivity index (χ4v) is 6.72. The molecule has 1 aliphatic heterocycles. The molecule has 4 rings (SSSR count). The summed E-state index contributed by atoms with van der Waals surface area (Å²) in [7, 11) is 1.50. The Morgan fingerprint density at radius 2 is 1.46 bits per heavy atom. The van der Waals surface area contributed by atoms with Gasteiger partial charge in [0.2, 0.25) is 11.8 Å². The summed E-state index contributed by atoms with van der Waals surface area (Å²) in [5.41, 5.74) is 9.81. The van der Waals surface area contributed by atoms with Crippen molar-refractivity contribution in [3.63, 3.8) is 0 Å². The van der Waals surface area contributed by atoms with Crippen molar-refractivity contribution in [3.8, 4) is 5.75 Å². The van der Waals surface area contributed by atoms with E-state index in [1.54, 1.807) is 0 Å². The maximum absolute atomic E-state index is 14.1. The van der Waals surface area contributed by atoms with Crippen LogP contribution in [-0.2, 0) is 62.1 Å². The number of hydrogen-bond donors (Lipinski definition) is 3. The Labute approximate surface area is 333 Å². The highest BCUT2D eigenvalue weighted by Gasteiger charge is 2.35. The molecule has 4 N–H and O–H groups in total. The summed E-state index contributed by atoms with van der Waals surface area (Å²) in [6, 6.07) is 13.8. The molecule has 2 aromatic carbocycles. The van der Waals surface area contributed by atoms with Crippen LogP contribution in [0.4, 0.5) is 0 Å². The van der Waals surface area contributed by atoms with Gasteiger partial charge in [0.25, 0.3) is 0 Å². The normalized spacial score (nSPS) is 17.5. The highest BCUT2D eigenvalue weighted by molar-refractivity contribution is 5.83. The first-order valence-electron chi connectivity index (χ1n) is 20.0. The third kappa shape index (κ3) is 16.0. The fourth-order valence-electron chi connectivity index (χ4n) is 6.72. The number of nitrogens with zero attached hydrogens (tertiary/aromatic N) is 1. The average molecular weight is 787 g/mol. The molecule has 1 aliphatic carbocycles. The first-order valence-corrected chi connectivity index (χ1v) is 20.0. The molecule has 3 atom stereocenters. The van der Waals surface area contributed by atoms with Crippen molar-refractivity contribution >= 4 is 11.8 Å². The minimum atomic E-state index is -0.423. The van der Waals surface area contributed by atoms with Crippen LogP contribution in [0.5, 0.6) is 5.75 Å². The van der Waals surface area contributed by atoms with Gasteiger partial charge < -0.3 is 54.3 Å². The largest absolute Gasteiger partial charge is 0.491 e. The summed E-state index contributed by atoms with van der Waals surface area (Å²) >= 11 is 0. The Balaban J connectivity index is 1.24. The van der Waals surface area contributed by atoms with Gasteiger partial charge in [-0.15, -0.1) is 0 Å². The van der Waals surface area contributed by atoms with Crippen molar-refractivity contribution < 1.29 is 47.5 Å². The van der Waals surface area contributed by atoms with E-state index < -0.39 is 6.04 Å². The Kier molecular flexibility index (Phi) is 20.5. The van der Waals surface area contributed by atoms with Gasteiger partial charge >= 0.3 is 0 Å². The van der Waals surface area contributed by atoms with E-state index >= 15 is 0 Å². The third-order valence-electron chi connectivity index (χ3n) is 9.84. The van der Waals surface area contributed by atoms with Crippen LogP contribution in [0, 0.1) is 5.41 Å². The van der Waals surface area contributed by atoms with E-state index in [1.807, 2.05) is 18.2 Å². The van der Waals surface area contributed by atoms with Crippen LogP contribution in [0.2, 0.25) is 0 Å². The van der Waals surface area contributed by atoms with Crippen molar-refractivity contribution in [2.24, 2.45) is 11.1 Å². The van der Waals surface area contributed by atoms with Gasteiger partial charge in [0.15, 0.2) is 0 Å². The van der Waals surface area contributed by atoms with Crippen LogP contribution in [0.3, 0.4) is 0 Å². The van der Waals surface area contributed by atoms with Crippen LogP contribution in [0.25, 0.3) is 0 Å². The number of methoxy groups -OCH3 is 1. The molecule has 1 heterocycles. The molecular weight excluding hydrogens is 720 g/mol. The molecule has 0 bridgehead atoms. The smallest absolute Gasteiger partial charge is 0.246 e. The second-order valence-electron chi connectivity index (χ2n) is 15.2. The van der Waals surface area contributed by atoms with E-state index in [4.69, 9.17) is 43.6 Å². The quantitative estimate of drug-likeness (QED) is 0.114. The molecule has 0 spiro atoms. The van der Waals surface area contributed by atoms with Gasteiger partial charge in [-0.2, -0.15) is 0 Å². The van der Waals surface area contributed by atoms with Gasteiger partial charge in [-0.25, -0.2) is 0 Å². The first kappa shape index (κ1) is 45.5. The SMILES string of the molecule is COCC(=O)N[C@H](COCN1Cc2cc(OCCOCCOCCOCCOCCOCCN)ccc2CC1C(=O)NC1CCCc2ccccc21)C(C)(C)C. The Bertz CT molecular complexity index is 1440. The topological polar surface area (TPSA) is 161 Å². The van der Waals surface area contributed by atoms with Crippen LogP contribution in [-0.4, -0.2) is 135 Å². The number of carbonyl (C=O) groups is 2. The van der Waals surface area contributed by atoms with Crippen molar-refractivity contribution in [1.29, 1.82) is 0 Å². The van der Waals surface area contributed by atoms with E-state index in [-0.39, 0.29) is 49.3 Å². The number of nitrogens with one attached hydrogen (secondary N) is 2. The standard InChI is InChI=1S/C42H66N4O10/c1-42(2,3)39(45-40(47)30-49-4)29-55-31-46-28-34-26-35(56-25-24-54-23-22-53-21-20-52-19-18-51-17-16-50-15-14-43)13-12-33(34)27-38(46)41(48)44-37-11-7-9-32-8-5-6-10-36(32)37/h5-6,8,10,12-13,26,37-39H,7,9,11,14-25,27-31,43H2,1-4H3,(H,44,48)(H,45,47)/t37?,38?,39-/m1/s1. The summed E-state index contributed by atoms with van der Waals surface area (Å²) in [5.74, 6) is 0.533. The minimum absolute atomic E-state index is 0.0125. The lowest BCUT2D eigenvalue weighted by molar-refractivity contribution is -0.131. The monoisotopic (exact) mass is 786 g/mol. The molecule has 0 saturated heterocycles. The Morgan fingerprint density at radius 3 is 2.11 bits per heavy atom. The number of carbonyl (C=O) groups excluding carboxylic acids is 2. The van der Waals surface area contributed by atoms with Crippen LogP contribution in [0.15, 0.2) is 42.5 Å². The summed E-state index contributed by atoms with van der Waals surface area (Å²) in [4.78, 5) is 28.6. The molecule has 0 aromatic heterocycles. The molecule has 2 amide bonds. The van der Waals surface area contributed by atoms with Crippen LogP contribution < -0.4 is 21.1 Å². The van der Waals surface area contributed by atoms with Crippen molar-refractivity contribution in [3.05, 3.63) is 64.7 Å². The van der Waals surface area contributed by atoms with Crippen molar-refractivity contribution in [2.75, 3.05) is 106 Å². The van der Waals surface area contributed by atoms with Gasteiger partial charge in [0.05, 0.1) is 90.8 Å². The van der Waals surface area contributed by atoms with E-state index in [2.05, 4.69) is 60.6 Å². The van der Waals surface area contributed by atoms with Gasteiger partial charge in [-0.1, -0.05) is 51.1 Å². The predicted octanol–water partition coefficient (Wildman–Crippen LogP) is 3.18. The van der Waals surface area contributed by atoms with Crippen LogP contribution in [0.1, 0.15) is 61.9 Å². The highest BCUT2D eigenvalue weighted by Crippen LogP contribution is 2.32. The molecule has 56 heavy (non-hydrogen) atoms. The first-order chi connectivity index (χ1) is 27.2. The number of aryl methyl sites for hydroxylation is 1. The second kappa shape index (κ2) is 25.2. The van der Waals surface area contributed by atoms with Gasteiger partial charge in [-0.3, -0.25) is 14.5 Å². The number of amides is 2. The van der Waals surface area contributed by atoms with E-state index in [0.29, 0.717) is 92.2 Å². The third-order valence-corrected chi connectivity index (χ3v) is 9.84. The fraction of sp³-hybridized carbons (Fsp3) is 0.667. The number of fused-ring (bicyclic) bond motifs is 2. The van der Waals surface area contributed by atoms with E-state index in [9.17, 15) is 9.59 Å². The van der Waals surface area contributed by atoms with Crippen molar-refractivity contribution in [2.45, 2.75) is 71.1 Å². The predicted molar refractivity (Wildman–Crippen MR) is 212 cm³/mol. The number of benzene rings is 2. The number of nitrogens with two attached hydrogens (primary N) is 1. The zero-order chi connectivity index (χ0) is 40.0. The molecule has 2 unspecified atom stereocenters.